The number of hydrogen-bond acceptors (Lipinski definition) is 3. The molecule has 0 radical (unpaired) electrons. The van der Waals surface area contributed by atoms with Crippen molar-refractivity contribution in [1.82, 2.24) is 0 Å². The van der Waals surface area contributed by atoms with Crippen molar-refractivity contribution in [3.05, 3.63) is 29.3 Å². The van der Waals surface area contributed by atoms with Crippen LogP contribution in [0.1, 0.15) is 62.2 Å². The van der Waals surface area contributed by atoms with E-state index in [0.717, 1.165) is 56.3 Å². The number of benzene rings is 1. The molecule has 1 atom stereocenters. The second-order valence-electron chi connectivity index (χ2n) is 6.34. The zero-order valence-electron chi connectivity index (χ0n) is 12.0. The molecule has 0 heterocycles. The van der Waals surface area contributed by atoms with Crippen LogP contribution in [-0.2, 0) is 6.42 Å². The second-order valence-corrected chi connectivity index (χ2v) is 6.34. The predicted molar refractivity (Wildman–Crippen MR) is 77.9 cm³/mol. The fourth-order valence-corrected chi connectivity index (χ4v) is 3.43. The maximum Gasteiger partial charge on any atom is 0.119 e. The molecule has 1 aromatic carbocycles. The molecule has 3 rings (SSSR count). The molecule has 1 saturated carbocycles. The first-order valence-corrected chi connectivity index (χ1v) is 7.82. The highest BCUT2D eigenvalue weighted by Gasteiger charge is 2.30. The molecule has 3 nitrogen and oxygen atoms in total. The molecule has 110 valence electrons. The summed E-state index contributed by atoms with van der Waals surface area (Å²) < 4.78 is 5.82. The van der Waals surface area contributed by atoms with E-state index in [1.807, 2.05) is 18.2 Å². The number of aryl methyl sites for hydroxylation is 1. The Labute approximate surface area is 120 Å². The summed E-state index contributed by atoms with van der Waals surface area (Å²) in [6.45, 7) is 0.383. The summed E-state index contributed by atoms with van der Waals surface area (Å²) in [5, 5.41) is 20.4. The molecule has 20 heavy (non-hydrogen) atoms. The van der Waals surface area contributed by atoms with Gasteiger partial charge < -0.3 is 14.9 Å². The lowest BCUT2D eigenvalue weighted by molar-refractivity contribution is -0.0339. The Bertz CT molecular complexity index is 463. The van der Waals surface area contributed by atoms with Gasteiger partial charge in [0, 0.05) is 0 Å². The fraction of sp³-hybridized carbons (Fsp3) is 0.647. The standard InChI is InChI=1S/C17H24O3/c18-16-6-4-5-13-11-14(7-8-15(13)16)20-12-17(19)9-2-1-3-10-17/h7-8,11,16,18-19H,1-6,9-10,12H2. The van der Waals surface area contributed by atoms with Gasteiger partial charge in [0.15, 0.2) is 0 Å². The lowest BCUT2D eigenvalue weighted by atomic mass is 9.85. The largest absolute Gasteiger partial charge is 0.491 e. The Morgan fingerprint density at radius 3 is 2.75 bits per heavy atom. The summed E-state index contributed by atoms with van der Waals surface area (Å²) in [7, 11) is 0. The Morgan fingerprint density at radius 1 is 1.15 bits per heavy atom. The Balaban J connectivity index is 1.66. The number of ether oxygens (including phenoxy) is 1. The smallest absolute Gasteiger partial charge is 0.119 e. The molecular formula is C17H24O3. The van der Waals surface area contributed by atoms with E-state index in [1.165, 1.54) is 12.0 Å². The van der Waals surface area contributed by atoms with E-state index in [2.05, 4.69) is 0 Å². The van der Waals surface area contributed by atoms with Gasteiger partial charge >= 0.3 is 0 Å². The van der Waals surface area contributed by atoms with E-state index in [-0.39, 0.29) is 6.10 Å². The van der Waals surface area contributed by atoms with Crippen molar-refractivity contribution in [2.24, 2.45) is 0 Å². The maximum atomic E-state index is 10.4. The fourth-order valence-electron chi connectivity index (χ4n) is 3.43. The van der Waals surface area contributed by atoms with Gasteiger partial charge in [0.25, 0.3) is 0 Å². The van der Waals surface area contributed by atoms with Crippen molar-refractivity contribution in [3.63, 3.8) is 0 Å². The minimum Gasteiger partial charge on any atom is -0.491 e. The van der Waals surface area contributed by atoms with Crippen molar-refractivity contribution in [2.75, 3.05) is 6.61 Å². The average Bonchev–Trinajstić information content (AvgIpc) is 2.46. The van der Waals surface area contributed by atoms with E-state index in [4.69, 9.17) is 4.74 Å². The maximum absolute atomic E-state index is 10.4. The van der Waals surface area contributed by atoms with Gasteiger partial charge in [-0.25, -0.2) is 0 Å². The van der Waals surface area contributed by atoms with Crippen molar-refractivity contribution in [2.45, 2.75) is 63.1 Å². The number of fused-ring (bicyclic) bond motifs is 1. The highest BCUT2D eigenvalue weighted by atomic mass is 16.5. The minimum atomic E-state index is -0.645. The number of aliphatic hydroxyl groups is 2. The van der Waals surface area contributed by atoms with Crippen LogP contribution in [0.25, 0.3) is 0 Å². The molecule has 1 aromatic rings. The lowest BCUT2D eigenvalue weighted by Gasteiger charge is -2.32. The number of rotatable bonds is 3. The van der Waals surface area contributed by atoms with Gasteiger partial charge in [-0.3, -0.25) is 0 Å². The zero-order chi connectivity index (χ0) is 14.0. The quantitative estimate of drug-likeness (QED) is 0.891. The van der Waals surface area contributed by atoms with Crippen LogP contribution < -0.4 is 4.74 Å². The van der Waals surface area contributed by atoms with Crippen LogP contribution in [0.4, 0.5) is 0 Å². The van der Waals surface area contributed by atoms with Crippen molar-refractivity contribution >= 4 is 0 Å². The highest BCUT2D eigenvalue weighted by molar-refractivity contribution is 5.38. The molecule has 2 aliphatic carbocycles. The van der Waals surface area contributed by atoms with Crippen LogP contribution in [0, 0.1) is 0 Å². The molecular weight excluding hydrogens is 252 g/mol. The molecule has 0 bridgehead atoms. The molecule has 3 heteroatoms. The van der Waals surface area contributed by atoms with Gasteiger partial charge in [-0.1, -0.05) is 25.3 Å². The van der Waals surface area contributed by atoms with Crippen LogP contribution in [0.15, 0.2) is 18.2 Å². The normalized spacial score (nSPS) is 25.0. The molecule has 0 saturated heterocycles. The highest BCUT2D eigenvalue weighted by Crippen LogP contribution is 2.33. The third-order valence-electron chi connectivity index (χ3n) is 4.69. The molecule has 2 N–H and O–H groups in total. The monoisotopic (exact) mass is 276 g/mol. The number of aliphatic hydroxyl groups excluding tert-OH is 1. The summed E-state index contributed by atoms with van der Waals surface area (Å²) in [6.07, 6.45) is 7.66. The van der Waals surface area contributed by atoms with Crippen molar-refractivity contribution in [1.29, 1.82) is 0 Å². The van der Waals surface area contributed by atoms with Gasteiger partial charge in [0.05, 0.1) is 11.7 Å². The summed E-state index contributed by atoms with van der Waals surface area (Å²) in [4.78, 5) is 0. The third kappa shape index (κ3) is 2.99. The number of hydrogen-bond donors (Lipinski definition) is 2. The first-order chi connectivity index (χ1) is 9.66. The molecule has 2 aliphatic rings. The average molecular weight is 276 g/mol. The van der Waals surface area contributed by atoms with E-state index in [0.29, 0.717) is 6.61 Å². The minimum absolute atomic E-state index is 0.324. The van der Waals surface area contributed by atoms with Gasteiger partial charge in [0.2, 0.25) is 0 Å². The van der Waals surface area contributed by atoms with Gasteiger partial charge in [0.1, 0.15) is 12.4 Å². The van der Waals surface area contributed by atoms with E-state index in [9.17, 15) is 10.2 Å². The molecule has 1 fully saturated rings. The first kappa shape index (κ1) is 13.9. The Morgan fingerprint density at radius 2 is 1.95 bits per heavy atom. The lowest BCUT2D eigenvalue weighted by Crippen LogP contribution is -2.37. The molecule has 0 aromatic heterocycles. The summed E-state index contributed by atoms with van der Waals surface area (Å²) in [5.41, 5.74) is 1.59. The van der Waals surface area contributed by atoms with E-state index >= 15 is 0 Å². The SMILES string of the molecule is OC1CCCc2cc(OCC3(O)CCCCC3)ccc21. The van der Waals surface area contributed by atoms with Crippen molar-refractivity contribution < 1.29 is 14.9 Å². The Kier molecular flexibility index (Phi) is 3.99. The van der Waals surface area contributed by atoms with Crippen LogP contribution in [0.3, 0.4) is 0 Å². The summed E-state index contributed by atoms with van der Waals surface area (Å²) in [5.74, 6) is 0.817. The zero-order valence-corrected chi connectivity index (χ0v) is 12.0. The summed E-state index contributed by atoms with van der Waals surface area (Å²) >= 11 is 0. The van der Waals surface area contributed by atoms with E-state index in [1.54, 1.807) is 0 Å². The van der Waals surface area contributed by atoms with E-state index < -0.39 is 5.60 Å². The third-order valence-corrected chi connectivity index (χ3v) is 4.69. The molecule has 0 amide bonds. The molecule has 0 aliphatic heterocycles. The van der Waals surface area contributed by atoms with Gasteiger partial charge in [-0.05, 0) is 55.4 Å². The first-order valence-electron chi connectivity index (χ1n) is 7.82. The predicted octanol–water partition coefficient (Wildman–Crippen LogP) is 3.13. The second kappa shape index (κ2) is 5.74. The van der Waals surface area contributed by atoms with Crippen LogP contribution >= 0.6 is 0 Å². The van der Waals surface area contributed by atoms with Gasteiger partial charge in [-0.15, -0.1) is 0 Å². The van der Waals surface area contributed by atoms with Gasteiger partial charge in [-0.2, -0.15) is 0 Å². The van der Waals surface area contributed by atoms with Crippen LogP contribution in [0.5, 0.6) is 5.75 Å². The summed E-state index contributed by atoms with van der Waals surface area (Å²) in [6, 6.07) is 5.92. The van der Waals surface area contributed by atoms with Crippen LogP contribution in [0.2, 0.25) is 0 Å². The van der Waals surface area contributed by atoms with Crippen LogP contribution in [-0.4, -0.2) is 22.4 Å². The van der Waals surface area contributed by atoms with Crippen molar-refractivity contribution in [3.8, 4) is 5.75 Å². The Hall–Kier alpha value is -1.06. The topological polar surface area (TPSA) is 49.7 Å². The molecule has 0 spiro atoms. The molecule has 1 unspecified atom stereocenters.